The van der Waals surface area contributed by atoms with Crippen LogP contribution in [0.1, 0.15) is 29.7 Å². The Labute approximate surface area is 157 Å². The van der Waals surface area contributed by atoms with Crippen LogP contribution in [0.4, 0.5) is 10.5 Å². The van der Waals surface area contributed by atoms with Crippen molar-refractivity contribution in [3.8, 4) is 11.3 Å². The van der Waals surface area contributed by atoms with E-state index in [0.717, 1.165) is 52.6 Å². The Morgan fingerprint density at radius 3 is 3.04 bits per heavy atom. The molecule has 138 valence electrons. The Bertz CT molecular complexity index is 967. The molecule has 4 rings (SSSR count). The number of urea groups is 1. The molecule has 0 radical (unpaired) electrons. The summed E-state index contributed by atoms with van der Waals surface area (Å²) in [4.78, 5) is 23.2. The van der Waals surface area contributed by atoms with E-state index in [-0.39, 0.29) is 6.03 Å². The van der Waals surface area contributed by atoms with E-state index in [4.69, 9.17) is 0 Å². The molecular formula is C20H22N6O. The Morgan fingerprint density at radius 2 is 2.22 bits per heavy atom. The Balaban J connectivity index is 1.50. The third-order valence-corrected chi connectivity index (χ3v) is 4.83. The molecule has 2 aromatic heterocycles. The smallest absolute Gasteiger partial charge is 0.320 e. The fraction of sp³-hybridized carbons (Fsp3) is 0.300. The molecule has 27 heavy (non-hydrogen) atoms. The lowest BCUT2D eigenvalue weighted by Gasteiger charge is -2.27. The van der Waals surface area contributed by atoms with Gasteiger partial charge >= 0.3 is 6.03 Å². The Hall–Kier alpha value is -3.22. The molecule has 1 aliphatic rings. The molecule has 0 bridgehead atoms. The van der Waals surface area contributed by atoms with E-state index in [1.54, 1.807) is 6.20 Å². The molecule has 0 aliphatic carbocycles. The van der Waals surface area contributed by atoms with Gasteiger partial charge < -0.3 is 10.2 Å². The molecule has 7 nitrogen and oxygen atoms in total. The van der Waals surface area contributed by atoms with Crippen molar-refractivity contribution in [1.29, 1.82) is 0 Å². The third-order valence-electron chi connectivity index (χ3n) is 4.83. The average Bonchev–Trinajstić information content (AvgIpc) is 3.10. The zero-order valence-corrected chi connectivity index (χ0v) is 15.5. The number of benzene rings is 1. The van der Waals surface area contributed by atoms with Gasteiger partial charge in [0.25, 0.3) is 0 Å². The van der Waals surface area contributed by atoms with Gasteiger partial charge in [0.15, 0.2) is 0 Å². The molecule has 0 unspecified atom stereocenters. The number of nitrogens with one attached hydrogen (secondary N) is 2. The summed E-state index contributed by atoms with van der Waals surface area (Å²) in [5.74, 6) is 0.720. The first-order valence-corrected chi connectivity index (χ1v) is 9.15. The van der Waals surface area contributed by atoms with Crippen molar-refractivity contribution in [2.75, 3.05) is 11.9 Å². The minimum Gasteiger partial charge on any atom is -0.320 e. The van der Waals surface area contributed by atoms with E-state index >= 15 is 0 Å². The normalized spacial score (nSPS) is 13.3. The van der Waals surface area contributed by atoms with Crippen molar-refractivity contribution in [3.63, 3.8) is 0 Å². The van der Waals surface area contributed by atoms with Crippen LogP contribution in [0.2, 0.25) is 0 Å². The number of anilines is 1. The quantitative estimate of drug-likeness (QED) is 0.748. The number of amides is 2. The molecule has 7 heteroatoms. The predicted molar refractivity (Wildman–Crippen MR) is 103 cm³/mol. The van der Waals surface area contributed by atoms with Crippen LogP contribution in [0.5, 0.6) is 0 Å². The van der Waals surface area contributed by atoms with Crippen LogP contribution in [-0.4, -0.2) is 37.6 Å². The lowest BCUT2D eigenvalue weighted by atomic mass is 10.0. The van der Waals surface area contributed by atoms with Gasteiger partial charge in [-0.15, -0.1) is 0 Å². The first kappa shape index (κ1) is 17.2. The molecular weight excluding hydrogens is 340 g/mol. The third kappa shape index (κ3) is 3.53. The molecule has 0 saturated carbocycles. The highest BCUT2D eigenvalue weighted by atomic mass is 16.2. The van der Waals surface area contributed by atoms with Gasteiger partial charge in [0.1, 0.15) is 5.82 Å². The average molecular weight is 362 g/mol. The maximum Gasteiger partial charge on any atom is 0.322 e. The van der Waals surface area contributed by atoms with Gasteiger partial charge in [-0.1, -0.05) is 19.1 Å². The van der Waals surface area contributed by atoms with Crippen LogP contribution < -0.4 is 5.32 Å². The van der Waals surface area contributed by atoms with Gasteiger partial charge in [0, 0.05) is 41.7 Å². The van der Waals surface area contributed by atoms with E-state index in [1.807, 2.05) is 42.2 Å². The first-order valence-electron chi connectivity index (χ1n) is 9.15. The van der Waals surface area contributed by atoms with Crippen molar-refractivity contribution >= 4 is 11.7 Å². The largest absolute Gasteiger partial charge is 0.322 e. The summed E-state index contributed by atoms with van der Waals surface area (Å²) >= 11 is 0. The van der Waals surface area contributed by atoms with Crippen molar-refractivity contribution in [2.45, 2.75) is 33.2 Å². The molecule has 3 heterocycles. The number of H-pyrrole nitrogens is 1. The predicted octanol–water partition coefficient (Wildman–Crippen LogP) is 3.33. The lowest BCUT2D eigenvalue weighted by molar-refractivity contribution is 0.206. The van der Waals surface area contributed by atoms with Crippen molar-refractivity contribution in [1.82, 2.24) is 25.1 Å². The minimum atomic E-state index is -0.0973. The second kappa shape index (κ2) is 7.19. The Kier molecular flexibility index (Phi) is 4.58. The van der Waals surface area contributed by atoms with Crippen LogP contribution in [-0.2, 0) is 19.4 Å². The van der Waals surface area contributed by atoms with Gasteiger partial charge in [-0.25, -0.2) is 14.8 Å². The van der Waals surface area contributed by atoms with Gasteiger partial charge in [0.05, 0.1) is 17.9 Å². The van der Waals surface area contributed by atoms with E-state index in [2.05, 4.69) is 32.4 Å². The zero-order valence-electron chi connectivity index (χ0n) is 15.5. The first-order chi connectivity index (χ1) is 13.1. The monoisotopic (exact) mass is 362 g/mol. The second-order valence-electron chi connectivity index (χ2n) is 6.65. The molecule has 0 fully saturated rings. The summed E-state index contributed by atoms with van der Waals surface area (Å²) in [6, 6.07) is 9.49. The van der Waals surface area contributed by atoms with Crippen LogP contribution in [0.15, 0.2) is 36.5 Å². The summed E-state index contributed by atoms with van der Waals surface area (Å²) in [6.07, 6.45) is 3.40. The maximum absolute atomic E-state index is 12.8. The van der Waals surface area contributed by atoms with Crippen molar-refractivity contribution < 1.29 is 4.79 Å². The second-order valence-corrected chi connectivity index (χ2v) is 6.65. The highest BCUT2D eigenvalue weighted by molar-refractivity contribution is 5.90. The Morgan fingerprint density at radius 1 is 1.33 bits per heavy atom. The molecule has 0 saturated heterocycles. The number of aromatic nitrogens is 4. The standard InChI is InChI=1S/C20H22N6O/c1-3-17-16-12-26(10-8-19(16)25-24-17)20(27)23-15-6-4-5-14(11-15)18-7-9-21-13(2)22-18/h4-7,9,11H,3,8,10,12H2,1-2H3,(H,23,27)(H,24,25). The molecule has 2 amide bonds. The SMILES string of the molecule is CCc1n[nH]c2c1CN(C(=O)Nc1cccc(-c3ccnc(C)n3)c1)CC2. The molecule has 0 atom stereocenters. The number of hydrogen-bond acceptors (Lipinski definition) is 4. The number of aromatic amines is 1. The topological polar surface area (TPSA) is 86.8 Å². The number of hydrogen-bond donors (Lipinski definition) is 2. The van der Waals surface area contributed by atoms with Crippen LogP contribution in [0, 0.1) is 6.92 Å². The van der Waals surface area contributed by atoms with Crippen molar-refractivity contribution in [2.24, 2.45) is 0 Å². The molecule has 0 spiro atoms. The van der Waals surface area contributed by atoms with Crippen molar-refractivity contribution in [3.05, 3.63) is 59.3 Å². The van der Waals surface area contributed by atoms with E-state index < -0.39 is 0 Å². The fourth-order valence-corrected chi connectivity index (χ4v) is 3.40. The molecule has 3 aromatic rings. The van der Waals surface area contributed by atoms with Crippen LogP contribution >= 0.6 is 0 Å². The summed E-state index contributed by atoms with van der Waals surface area (Å²) in [5, 5.41) is 10.5. The number of nitrogens with zero attached hydrogens (tertiary/aromatic N) is 4. The lowest BCUT2D eigenvalue weighted by Crippen LogP contribution is -2.39. The van der Waals surface area contributed by atoms with E-state index in [0.29, 0.717) is 13.1 Å². The number of carbonyl (C=O) groups is 1. The zero-order chi connectivity index (χ0) is 18.8. The number of fused-ring (bicyclic) bond motifs is 1. The molecule has 1 aromatic carbocycles. The van der Waals surface area contributed by atoms with E-state index in [1.165, 1.54) is 0 Å². The number of carbonyl (C=O) groups excluding carboxylic acids is 1. The summed E-state index contributed by atoms with van der Waals surface area (Å²) in [5.41, 5.74) is 5.89. The van der Waals surface area contributed by atoms with Crippen LogP contribution in [0.3, 0.4) is 0 Å². The highest BCUT2D eigenvalue weighted by Crippen LogP contribution is 2.23. The molecule has 2 N–H and O–H groups in total. The van der Waals surface area contributed by atoms with Gasteiger partial charge in [0.2, 0.25) is 0 Å². The fourth-order valence-electron chi connectivity index (χ4n) is 3.40. The van der Waals surface area contributed by atoms with Gasteiger partial charge in [-0.05, 0) is 31.5 Å². The number of rotatable bonds is 3. The summed E-state index contributed by atoms with van der Waals surface area (Å²) in [7, 11) is 0. The van der Waals surface area contributed by atoms with Gasteiger partial charge in [-0.3, -0.25) is 5.10 Å². The van der Waals surface area contributed by atoms with Gasteiger partial charge in [-0.2, -0.15) is 5.10 Å². The summed E-state index contributed by atoms with van der Waals surface area (Å²) < 4.78 is 0. The number of aryl methyl sites for hydroxylation is 2. The minimum absolute atomic E-state index is 0.0973. The summed E-state index contributed by atoms with van der Waals surface area (Å²) in [6.45, 7) is 5.20. The van der Waals surface area contributed by atoms with Crippen LogP contribution in [0.25, 0.3) is 11.3 Å². The highest BCUT2D eigenvalue weighted by Gasteiger charge is 2.24. The molecule has 1 aliphatic heterocycles. The van der Waals surface area contributed by atoms with E-state index in [9.17, 15) is 4.79 Å². The maximum atomic E-state index is 12.8.